The first-order valence-corrected chi connectivity index (χ1v) is 12.8. The number of hydrogen-bond donors (Lipinski definition) is 0. The van der Waals surface area contributed by atoms with Gasteiger partial charge in [0.05, 0.1) is 17.4 Å². The van der Waals surface area contributed by atoms with Crippen LogP contribution in [0.1, 0.15) is 27.7 Å². The molecule has 0 N–H and O–H groups in total. The standard InChI is InChI=1S/C21H30O2SSi/c1-19(16-17-23-25(5,6)21(2,3)4)13-9-8-12-18-24(22)20-14-10-7-11-15-20/h7-8,10-12,14-16H,17-18H2,1-6H3/b12-8-,19-16+. The van der Waals surface area contributed by atoms with Crippen molar-refractivity contribution in [2.24, 2.45) is 0 Å². The largest absolute Gasteiger partial charge is 0.413 e. The molecule has 1 aromatic carbocycles. The van der Waals surface area contributed by atoms with Crippen molar-refractivity contribution >= 4 is 19.1 Å². The molecule has 0 fully saturated rings. The Morgan fingerprint density at radius 3 is 2.48 bits per heavy atom. The fourth-order valence-electron chi connectivity index (χ4n) is 1.66. The van der Waals surface area contributed by atoms with E-state index in [1.165, 1.54) is 0 Å². The molecule has 4 heteroatoms. The van der Waals surface area contributed by atoms with Crippen LogP contribution < -0.4 is 0 Å². The molecule has 0 aliphatic heterocycles. The maximum Gasteiger partial charge on any atom is 0.192 e. The lowest BCUT2D eigenvalue weighted by atomic mass is 10.2. The van der Waals surface area contributed by atoms with E-state index in [9.17, 15) is 4.21 Å². The summed E-state index contributed by atoms with van der Waals surface area (Å²) in [7, 11) is -2.71. The minimum atomic E-state index is -1.70. The van der Waals surface area contributed by atoms with Gasteiger partial charge in [-0.15, -0.1) is 0 Å². The Hall–Kier alpha value is -1.41. The van der Waals surface area contributed by atoms with Gasteiger partial charge in [0.15, 0.2) is 8.32 Å². The molecule has 1 aromatic rings. The third-order valence-electron chi connectivity index (χ3n) is 4.36. The molecule has 2 nitrogen and oxygen atoms in total. The van der Waals surface area contributed by atoms with Crippen molar-refractivity contribution < 1.29 is 8.63 Å². The molecule has 0 saturated carbocycles. The first-order chi connectivity index (χ1) is 11.6. The molecular weight excluding hydrogens is 344 g/mol. The molecule has 0 radical (unpaired) electrons. The third-order valence-corrected chi connectivity index (χ3v) is 10.2. The van der Waals surface area contributed by atoms with E-state index >= 15 is 0 Å². The maximum absolute atomic E-state index is 12.0. The Morgan fingerprint density at radius 2 is 1.88 bits per heavy atom. The van der Waals surface area contributed by atoms with Crippen molar-refractivity contribution in [3.63, 3.8) is 0 Å². The maximum atomic E-state index is 12.0. The summed E-state index contributed by atoms with van der Waals surface area (Å²) >= 11 is 0. The van der Waals surface area contributed by atoms with Gasteiger partial charge < -0.3 is 4.43 Å². The molecule has 1 unspecified atom stereocenters. The number of hydrogen-bond acceptors (Lipinski definition) is 2. The highest BCUT2D eigenvalue weighted by Gasteiger charge is 2.36. The zero-order valence-electron chi connectivity index (χ0n) is 16.3. The lowest BCUT2D eigenvalue weighted by Crippen LogP contribution is -2.40. The zero-order valence-corrected chi connectivity index (χ0v) is 18.1. The van der Waals surface area contributed by atoms with Crippen molar-refractivity contribution in [3.8, 4) is 11.8 Å². The molecule has 0 aromatic heterocycles. The SMILES string of the molecule is C/C(C#C/C=C\CS(=O)c1ccccc1)=C\CO[Si](C)(C)C(C)(C)C. The van der Waals surface area contributed by atoms with E-state index in [1.54, 1.807) is 6.08 Å². The van der Waals surface area contributed by atoms with Crippen LogP contribution >= 0.6 is 0 Å². The Labute approximate surface area is 157 Å². The normalized spacial score (nSPS) is 14.2. The first kappa shape index (κ1) is 21.6. The summed E-state index contributed by atoms with van der Waals surface area (Å²) in [5.74, 6) is 6.56. The van der Waals surface area contributed by atoms with Crippen LogP contribution in [-0.2, 0) is 15.2 Å². The van der Waals surface area contributed by atoms with Gasteiger partial charge in [-0.25, -0.2) is 0 Å². The fraction of sp³-hybridized carbons (Fsp3) is 0.429. The Bertz CT molecular complexity index is 686. The van der Waals surface area contributed by atoms with E-state index in [-0.39, 0.29) is 5.04 Å². The monoisotopic (exact) mass is 374 g/mol. The van der Waals surface area contributed by atoms with Gasteiger partial charge >= 0.3 is 0 Å². The van der Waals surface area contributed by atoms with Crippen LogP contribution in [-0.4, -0.2) is 24.9 Å². The van der Waals surface area contributed by atoms with Crippen molar-refractivity contribution in [3.05, 3.63) is 54.1 Å². The number of allylic oxidation sites excluding steroid dienone is 2. The Kier molecular flexibility index (Phi) is 8.58. The molecule has 1 rings (SSSR count). The van der Waals surface area contributed by atoms with Gasteiger partial charge in [-0.1, -0.05) is 56.9 Å². The van der Waals surface area contributed by atoms with Crippen LogP contribution in [0.2, 0.25) is 18.1 Å². The van der Waals surface area contributed by atoms with E-state index in [1.807, 2.05) is 49.4 Å². The van der Waals surface area contributed by atoms with Gasteiger partial charge in [-0.3, -0.25) is 4.21 Å². The summed E-state index contributed by atoms with van der Waals surface area (Å²) in [6.45, 7) is 13.8. The molecule has 25 heavy (non-hydrogen) atoms. The van der Waals surface area contributed by atoms with Gasteiger partial charge in [-0.05, 0) is 54.9 Å². The van der Waals surface area contributed by atoms with Gasteiger partial charge in [0.1, 0.15) is 0 Å². The van der Waals surface area contributed by atoms with E-state index in [0.717, 1.165) is 10.5 Å². The van der Waals surface area contributed by atoms with Crippen LogP contribution in [0.3, 0.4) is 0 Å². The second kappa shape index (κ2) is 9.91. The molecule has 0 aliphatic rings. The van der Waals surface area contributed by atoms with Crippen LogP contribution in [0.25, 0.3) is 0 Å². The smallest absolute Gasteiger partial charge is 0.192 e. The van der Waals surface area contributed by atoms with Crippen molar-refractivity contribution in [1.29, 1.82) is 0 Å². The molecule has 1 atom stereocenters. The lowest BCUT2D eigenvalue weighted by Gasteiger charge is -2.35. The summed E-state index contributed by atoms with van der Waals surface area (Å²) in [4.78, 5) is 0.846. The third kappa shape index (κ3) is 8.00. The van der Waals surface area contributed by atoms with Crippen LogP contribution in [0.15, 0.2) is 59.0 Å². The van der Waals surface area contributed by atoms with E-state index < -0.39 is 19.1 Å². The minimum Gasteiger partial charge on any atom is -0.413 e. The molecule has 0 spiro atoms. The summed E-state index contributed by atoms with van der Waals surface area (Å²) in [5.41, 5.74) is 0.993. The fourth-order valence-corrected chi connectivity index (χ4v) is 3.52. The molecule has 0 bridgehead atoms. The van der Waals surface area contributed by atoms with E-state index in [4.69, 9.17) is 4.43 Å². The highest BCUT2D eigenvalue weighted by molar-refractivity contribution is 7.85. The minimum absolute atomic E-state index is 0.220. The zero-order chi connectivity index (χ0) is 18.9. The molecule has 0 aliphatic carbocycles. The molecule has 0 saturated heterocycles. The van der Waals surface area contributed by atoms with Gasteiger partial charge in [-0.2, -0.15) is 0 Å². The predicted octanol–water partition coefficient (Wildman–Crippen LogP) is 5.32. The second-order valence-electron chi connectivity index (χ2n) is 7.46. The first-order valence-electron chi connectivity index (χ1n) is 8.54. The molecule has 0 amide bonds. The topological polar surface area (TPSA) is 26.3 Å². The van der Waals surface area contributed by atoms with E-state index in [0.29, 0.717) is 12.4 Å². The van der Waals surface area contributed by atoms with E-state index in [2.05, 4.69) is 45.7 Å². The van der Waals surface area contributed by atoms with Crippen LogP contribution in [0, 0.1) is 11.8 Å². The molecule has 0 heterocycles. The average molecular weight is 375 g/mol. The lowest BCUT2D eigenvalue weighted by molar-refractivity contribution is 0.327. The van der Waals surface area contributed by atoms with Crippen LogP contribution in [0.5, 0.6) is 0 Å². The van der Waals surface area contributed by atoms with Gasteiger partial charge in [0.2, 0.25) is 0 Å². The Balaban J connectivity index is 2.45. The summed E-state index contributed by atoms with van der Waals surface area (Å²) in [6, 6.07) is 9.48. The van der Waals surface area contributed by atoms with Gasteiger partial charge in [0.25, 0.3) is 0 Å². The molecule has 136 valence electrons. The summed E-state index contributed by atoms with van der Waals surface area (Å²) in [6.07, 6.45) is 5.66. The van der Waals surface area contributed by atoms with Crippen molar-refractivity contribution in [2.75, 3.05) is 12.4 Å². The molecular formula is C21H30O2SSi. The highest BCUT2D eigenvalue weighted by Crippen LogP contribution is 2.36. The number of benzene rings is 1. The van der Waals surface area contributed by atoms with Crippen LogP contribution in [0.4, 0.5) is 0 Å². The highest BCUT2D eigenvalue weighted by atomic mass is 32.2. The summed E-state index contributed by atoms with van der Waals surface area (Å²) < 4.78 is 18.2. The van der Waals surface area contributed by atoms with Crippen molar-refractivity contribution in [1.82, 2.24) is 0 Å². The quantitative estimate of drug-likeness (QED) is 0.497. The van der Waals surface area contributed by atoms with Gasteiger partial charge in [0, 0.05) is 10.6 Å². The predicted molar refractivity (Wildman–Crippen MR) is 112 cm³/mol. The Morgan fingerprint density at radius 1 is 1.24 bits per heavy atom. The second-order valence-corrected chi connectivity index (χ2v) is 13.8. The number of rotatable bonds is 6. The van der Waals surface area contributed by atoms with Crippen molar-refractivity contribution in [2.45, 2.75) is 50.7 Å². The summed E-state index contributed by atoms with van der Waals surface area (Å²) in [5, 5.41) is 0.220. The average Bonchev–Trinajstić information content (AvgIpc) is 2.54.